The van der Waals surface area contributed by atoms with E-state index in [0.29, 0.717) is 17.9 Å². The van der Waals surface area contributed by atoms with Crippen molar-refractivity contribution in [3.63, 3.8) is 0 Å². The van der Waals surface area contributed by atoms with E-state index < -0.39 is 4.92 Å². The zero-order valence-electron chi connectivity index (χ0n) is 16.8. The number of fused-ring (bicyclic) bond motifs is 1. The third-order valence-electron chi connectivity index (χ3n) is 5.40. The summed E-state index contributed by atoms with van der Waals surface area (Å²) in [5.41, 5.74) is 3.68. The van der Waals surface area contributed by atoms with Gasteiger partial charge in [-0.25, -0.2) is 0 Å². The van der Waals surface area contributed by atoms with Gasteiger partial charge in [-0.05, 0) is 48.4 Å². The summed E-state index contributed by atoms with van der Waals surface area (Å²) in [6, 6.07) is 13.5. The number of nitrogens with one attached hydrogen (secondary N) is 1. The minimum absolute atomic E-state index is 0.0194. The Balaban J connectivity index is 1.81. The zero-order valence-corrected chi connectivity index (χ0v) is 16.8. The standard InChI is InChI=1S/C22H22N4O4/c1-3-4-13-25-21(15-5-9-16(10-6-15)26(28)29)18-19(23-24-20(18)22(25)27)14-7-11-17(30-2)12-8-14/h5-12,21H,3-4,13H2,1-2H3,(H,23,24). The van der Waals surface area contributed by atoms with Crippen molar-refractivity contribution >= 4 is 11.6 Å². The Bertz CT molecular complexity index is 1070. The predicted molar refractivity (Wildman–Crippen MR) is 111 cm³/mol. The van der Waals surface area contributed by atoms with Gasteiger partial charge in [0, 0.05) is 29.8 Å². The van der Waals surface area contributed by atoms with Crippen LogP contribution in [0.15, 0.2) is 48.5 Å². The summed E-state index contributed by atoms with van der Waals surface area (Å²) in [6.07, 6.45) is 1.82. The molecule has 1 aliphatic rings. The van der Waals surface area contributed by atoms with E-state index in [2.05, 4.69) is 17.1 Å². The van der Waals surface area contributed by atoms with Crippen molar-refractivity contribution in [3.8, 4) is 17.0 Å². The number of benzene rings is 2. The van der Waals surface area contributed by atoms with Crippen molar-refractivity contribution in [1.82, 2.24) is 15.1 Å². The summed E-state index contributed by atoms with van der Waals surface area (Å²) in [7, 11) is 1.61. The van der Waals surface area contributed by atoms with Crippen LogP contribution in [-0.4, -0.2) is 39.6 Å². The molecule has 1 unspecified atom stereocenters. The third kappa shape index (κ3) is 3.30. The van der Waals surface area contributed by atoms with Crippen LogP contribution in [0.4, 0.5) is 5.69 Å². The van der Waals surface area contributed by atoms with Crippen molar-refractivity contribution in [3.05, 3.63) is 75.5 Å². The van der Waals surface area contributed by atoms with Gasteiger partial charge in [-0.15, -0.1) is 0 Å². The number of ether oxygens (including phenoxy) is 1. The number of rotatable bonds is 7. The van der Waals surface area contributed by atoms with Crippen LogP contribution < -0.4 is 4.74 Å². The highest BCUT2D eigenvalue weighted by Gasteiger charge is 2.41. The number of amides is 1. The number of nitrogens with zero attached hydrogens (tertiary/aromatic N) is 3. The van der Waals surface area contributed by atoms with E-state index in [4.69, 9.17) is 4.74 Å². The fourth-order valence-electron chi connectivity index (χ4n) is 3.85. The smallest absolute Gasteiger partial charge is 0.273 e. The largest absolute Gasteiger partial charge is 0.497 e. The van der Waals surface area contributed by atoms with Gasteiger partial charge in [-0.3, -0.25) is 20.0 Å². The Morgan fingerprint density at radius 2 is 1.87 bits per heavy atom. The summed E-state index contributed by atoms with van der Waals surface area (Å²) in [6.45, 7) is 2.67. The van der Waals surface area contributed by atoms with Crippen LogP contribution in [0.2, 0.25) is 0 Å². The van der Waals surface area contributed by atoms with Gasteiger partial charge in [0.2, 0.25) is 0 Å². The van der Waals surface area contributed by atoms with Gasteiger partial charge in [-0.1, -0.05) is 13.3 Å². The summed E-state index contributed by atoms with van der Waals surface area (Å²) in [5, 5.41) is 18.4. The van der Waals surface area contributed by atoms with Gasteiger partial charge in [0.05, 0.1) is 23.8 Å². The van der Waals surface area contributed by atoms with Gasteiger partial charge in [0.25, 0.3) is 11.6 Å². The van der Waals surface area contributed by atoms with Crippen molar-refractivity contribution in [2.75, 3.05) is 13.7 Å². The molecule has 0 fully saturated rings. The molecule has 0 radical (unpaired) electrons. The summed E-state index contributed by atoms with van der Waals surface area (Å²) in [5.74, 6) is 0.632. The molecule has 0 aliphatic carbocycles. The van der Waals surface area contributed by atoms with E-state index in [9.17, 15) is 14.9 Å². The molecule has 2 aromatic carbocycles. The fourth-order valence-corrected chi connectivity index (χ4v) is 3.85. The number of carbonyl (C=O) groups is 1. The summed E-state index contributed by atoms with van der Waals surface area (Å²) < 4.78 is 5.23. The zero-order chi connectivity index (χ0) is 21.3. The maximum Gasteiger partial charge on any atom is 0.273 e. The minimum Gasteiger partial charge on any atom is -0.497 e. The molecule has 3 aromatic rings. The van der Waals surface area contributed by atoms with Crippen LogP contribution >= 0.6 is 0 Å². The van der Waals surface area contributed by atoms with Crippen LogP contribution in [0.25, 0.3) is 11.3 Å². The molecule has 2 heterocycles. The molecule has 1 amide bonds. The van der Waals surface area contributed by atoms with Crippen LogP contribution in [0.1, 0.15) is 47.4 Å². The van der Waals surface area contributed by atoms with E-state index >= 15 is 0 Å². The lowest BCUT2D eigenvalue weighted by molar-refractivity contribution is -0.384. The number of carbonyl (C=O) groups excluding carboxylic acids is 1. The van der Waals surface area contributed by atoms with Crippen molar-refractivity contribution < 1.29 is 14.5 Å². The number of nitro groups is 1. The first-order valence-electron chi connectivity index (χ1n) is 9.83. The molecule has 30 heavy (non-hydrogen) atoms. The molecule has 0 saturated heterocycles. The van der Waals surface area contributed by atoms with E-state index in [1.165, 1.54) is 12.1 Å². The second-order valence-electron chi connectivity index (χ2n) is 7.19. The Labute approximate surface area is 173 Å². The number of aromatic amines is 1. The first-order valence-corrected chi connectivity index (χ1v) is 9.83. The quantitative estimate of drug-likeness (QED) is 0.465. The SMILES string of the molecule is CCCCN1C(=O)c2[nH]nc(-c3ccc(OC)cc3)c2C1c1ccc([N+](=O)[O-])cc1. The predicted octanol–water partition coefficient (Wildman–Crippen LogP) is 4.34. The van der Waals surface area contributed by atoms with E-state index in [1.807, 2.05) is 29.2 Å². The molecule has 0 spiro atoms. The number of methoxy groups -OCH3 is 1. The molecule has 1 aromatic heterocycles. The Hall–Kier alpha value is -3.68. The van der Waals surface area contributed by atoms with Gasteiger partial charge < -0.3 is 9.64 Å². The first-order chi connectivity index (χ1) is 14.5. The maximum atomic E-state index is 13.1. The molecule has 1 atom stereocenters. The second kappa shape index (κ2) is 7.98. The minimum atomic E-state index is -0.426. The van der Waals surface area contributed by atoms with Gasteiger partial charge in [0.1, 0.15) is 11.4 Å². The van der Waals surface area contributed by atoms with E-state index in [0.717, 1.165) is 35.3 Å². The van der Waals surface area contributed by atoms with Crippen LogP contribution in [0, 0.1) is 10.1 Å². The molecule has 154 valence electrons. The molecular formula is C22H22N4O4. The highest BCUT2D eigenvalue weighted by molar-refractivity contribution is 6.00. The second-order valence-corrected chi connectivity index (χ2v) is 7.19. The fraction of sp³-hybridized carbons (Fsp3) is 0.273. The van der Waals surface area contributed by atoms with Crippen LogP contribution in [0.3, 0.4) is 0 Å². The lowest BCUT2D eigenvalue weighted by atomic mass is 9.96. The van der Waals surface area contributed by atoms with Crippen LogP contribution in [-0.2, 0) is 0 Å². The third-order valence-corrected chi connectivity index (χ3v) is 5.40. The molecule has 0 bridgehead atoms. The molecule has 1 aliphatic heterocycles. The highest BCUT2D eigenvalue weighted by atomic mass is 16.6. The van der Waals surface area contributed by atoms with E-state index in [-0.39, 0.29) is 17.6 Å². The van der Waals surface area contributed by atoms with Crippen molar-refractivity contribution in [2.45, 2.75) is 25.8 Å². The van der Waals surface area contributed by atoms with Crippen molar-refractivity contribution in [2.24, 2.45) is 0 Å². The molecule has 8 nitrogen and oxygen atoms in total. The lowest BCUT2D eigenvalue weighted by Crippen LogP contribution is -2.30. The average molecular weight is 406 g/mol. The molecule has 8 heteroatoms. The number of nitro benzene ring substituents is 1. The monoisotopic (exact) mass is 406 g/mol. The van der Waals surface area contributed by atoms with Crippen molar-refractivity contribution in [1.29, 1.82) is 0 Å². The number of hydrogen-bond donors (Lipinski definition) is 1. The lowest BCUT2D eigenvalue weighted by Gasteiger charge is -2.26. The normalized spacial score (nSPS) is 15.3. The molecular weight excluding hydrogens is 384 g/mol. The van der Waals surface area contributed by atoms with Gasteiger partial charge >= 0.3 is 0 Å². The number of non-ortho nitro benzene ring substituents is 1. The first kappa shape index (κ1) is 19.6. The van der Waals surface area contributed by atoms with Gasteiger partial charge in [0.15, 0.2) is 0 Å². The van der Waals surface area contributed by atoms with E-state index in [1.54, 1.807) is 19.2 Å². The molecule has 4 rings (SSSR count). The highest BCUT2D eigenvalue weighted by Crippen LogP contribution is 2.43. The van der Waals surface area contributed by atoms with Crippen LogP contribution in [0.5, 0.6) is 5.75 Å². The molecule has 0 saturated carbocycles. The maximum absolute atomic E-state index is 13.1. The van der Waals surface area contributed by atoms with Gasteiger partial charge in [-0.2, -0.15) is 5.10 Å². The number of unbranched alkanes of at least 4 members (excludes halogenated alkanes) is 1. The topological polar surface area (TPSA) is 101 Å². The number of H-pyrrole nitrogens is 1. The summed E-state index contributed by atoms with van der Waals surface area (Å²) >= 11 is 0. The number of hydrogen-bond acceptors (Lipinski definition) is 5. The Morgan fingerprint density at radius 1 is 1.17 bits per heavy atom. The number of aromatic nitrogens is 2. The average Bonchev–Trinajstić information content (AvgIpc) is 3.31. The Morgan fingerprint density at radius 3 is 2.47 bits per heavy atom. The Kier molecular flexibility index (Phi) is 5.22. The molecule has 1 N–H and O–H groups in total. The summed E-state index contributed by atoms with van der Waals surface area (Å²) in [4.78, 5) is 25.6.